The van der Waals surface area contributed by atoms with Gasteiger partial charge in [-0.25, -0.2) is 9.48 Å². The first-order chi connectivity index (χ1) is 13.4. The second-order valence-corrected chi connectivity index (χ2v) is 6.62. The zero-order valence-electron chi connectivity index (χ0n) is 16.3. The number of nitrogens with one attached hydrogen (secondary N) is 1. The number of hydrogen-bond donors (Lipinski definition) is 1. The minimum Gasteiger partial charge on any atom is -0.492 e. The molecule has 1 aromatic carbocycles. The summed E-state index contributed by atoms with van der Waals surface area (Å²) in [5.74, 6) is -0.207. The Morgan fingerprint density at radius 2 is 1.86 bits per heavy atom. The lowest BCUT2D eigenvalue weighted by Crippen LogP contribution is -2.43. The van der Waals surface area contributed by atoms with Crippen LogP contribution in [-0.2, 0) is 16.1 Å². The molecule has 2 rings (SSSR count). The Labute approximate surface area is 163 Å². The van der Waals surface area contributed by atoms with Crippen molar-refractivity contribution in [2.75, 3.05) is 13.7 Å². The molecule has 8 heteroatoms. The molecule has 1 aromatic heterocycles. The third-order valence-corrected chi connectivity index (χ3v) is 3.91. The fourth-order valence-corrected chi connectivity index (χ4v) is 2.56. The van der Waals surface area contributed by atoms with Crippen molar-refractivity contribution in [3.63, 3.8) is 0 Å². The highest BCUT2D eigenvalue weighted by Gasteiger charge is 2.24. The summed E-state index contributed by atoms with van der Waals surface area (Å²) in [7, 11) is 1.27. The van der Waals surface area contributed by atoms with Crippen LogP contribution in [0.2, 0.25) is 0 Å². The second kappa shape index (κ2) is 10.2. The van der Waals surface area contributed by atoms with E-state index in [9.17, 15) is 14.4 Å². The van der Waals surface area contributed by atoms with Gasteiger partial charge in [0, 0.05) is 6.07 Å². The first kappa shape index (κ1) is 21.1. The number of rotatable bonds is 9. The van der Waals surface area contributed by atoms with Gasteiger partial charge in [-0.15, -0.1) is 0 Å². The van der Waals surface area contributed by atoms with E-state index in [-0.39, 0.29) is 30.3 Å². The second-order valence-electron chi connectivity index (χ2n) is 6.62. The molecule has 0 saturated carbocycles. The van der Waals surface area contributed by atoms with Crippen LogP contribution in [0.3, 0.4) is 0 Å². The van der Waals surface area contributed by atoms with Gasteiger partial charge in [0.25, 0.3) is 11.5 Å². The van der Waals surface area contributed by atoms with E-state index < -0.39 is 17.9 Å². The number of benzene rings is 1. The van der Waals surface area contributed by atoms with E-state index in [0.29, 0.717) is 12.2 Å². The van der Waals surface area contributed by atoms with Gasteiger partial charge in [-0.3, -0.25) is 9.59 Å². The molecule has 0 saturated heterocycles. The molecule has 0 unspecified atom stereocenters. The minimum absolute atomic E-state index is 0.0389. The molecule has 1 N–H and O–H groups in total. The summed E-state index contributed by atoms with van der Waals surface area (Å²) >= 11 is 0. The van der Waals surface area contributed by atoms with E-state index in [4.69, 9.17) is 9.47 Å². The molecule has 1 amide bonds. The van der Waals surface area contributed by atoms with E-state index >= 15 is 0 Å². The number of ether oxygens (including phenoxy) is 2. The van der Waals surface area contributed by atoms with Crippen LogP contribution >= 0.6 is 0 Å². The van der Waals surface area contributed by atoms with Gasteiger partial charge < -0.3 is 14.8 Å². The topological polar surface area (TPSA) is 99.5 Å². The van der Waals surface area contributed by atoms with Crippen molar-refractivity contribution in [1.29, 1.82) is 0 Å². The van der Waals surface area contributed by atoms with E-state index in [1.54, 1.807) is 0 Å². The number of amides is 1. The molecule has 0 aliphatic heterocycles. The summed E-state index contributed by atoms with van der Waals surface area (Å²) in [6.07, 6.45) is 0.434. The molecule has 1 atom stereocenters. The largest absolute Gasteiger partial charge is 0.492 e. The Balaban J connectivity index is 2.04. The lowest BCUT2D eigenvalue weighted by Gasteiger charge is -2.18. The zero-order valence-corrected chi connectivity index (χ0v) is 16.3. The predicted molar refractivity (Wildman–Crippen MR) is 103 cm³/mol. The number of methoxy groups -OCH3 is 1. The molecule has 0 spiro atoms. The lowest BCUT2D eigenvalue weighted by atomic mass is 10.0. The van der Waals surface area contributed by atoms with Crippen LogP contribution < -0.4 is 15.6 Å². The molecule has 1 heterocycles. The maximum absolute atomic E-state index is 12.5. The highest BCUT2D eigenvalue weighted by Crippen LogP contribution is 2.08. The number of carbonyl (C=O) groups is 2. The van der Waals surface area contributed by atoms with Gasteiger partial charge in [0.2, 0.25) is 0 Å². The monoisotopic (exact) mass is 387 g/mol. The molecule has 0 radical (unpaired) electrons. The summed E-state index contributed by atoms with van der Waals surface area (Å²) < 4.78 is 11.5. The smallest absolute Gasteiger partial charge is 0.328 e. The van der Waals surface area contributed by atoms with E-state index in [0.717, 1.165) is 4.68 Å². The maximum atomic E-state index is 12.5. The van der Waals surface area contributed by atoms with Crippen molar-refractivity contribution in [2.45, 2.75) is 32.9 Å². The molecule has 8 nitrogen and oxygen atoms in total. The number of para-hydroxylation sites is 1. The summed E-state index contributed by atoms with van der Waals surface area (Å²) in [5, 5.41) is 6.70. The van der Waals surface area contributed by atoms with Crippen LogP contribution in [0.4, 0.5) is 0 Å². The fraction of sp³-hybridized carbons (Fsp3) is 0.400. The van der Waals surface area contributed by atoms with Gasteiger partial charge in [0.15, 0.2) is 0 Å². The molecule has 150 valence electrons. The average Bonchev–Trinajstić information content (AvgIpc) is 2.68. The molecular weight excluding hydrogens is 362 g/mol. The number of carbonyl (C=O) groups excluding carboxylic acids is 2. The molecule has 0 aliphatic rings. The molecule has 28 heavy (non-hydrogen) atoms. The molecule has 0 aliphatic carbocycles. The molecule has 0 fully saturated rings. The van der Waals surface area contributed by atoms with Gasteiger partial charge in [-0.1, -0.05) is 32.0 Å². The summed E-state index contributed by atoms with van der Waals surface area (Å²) in [6.45, 7) is 4.28. The van der Waals surface area contributed by atoms with Crippen molar-refractivity contribution in [2.24, 2.45) is 5.92 Å². The van der Waals surface area contributed by atoms with Crippen LogP contribution in [-0.4, -0.2) is 41.4 Å². The van der Waals surface area contributed by atoms with Crippen LogP contribution in [0.1, 0.15) is 30.8 Å². The van der Waals surface area contributed by atoms with Crippen LogP contribution in [0.15, 0.2) is 47.3 Å². The van der Waals surface area contributed by atoms with Crippen molar-refractivity contribution in [1.82, 2.24) is 15.1 Å². The van der Waals surface area contributed by atoms with Gasteiger partial charge in [-0.2, -0.15) is 5.10 Å². The van der Waals surface area contributed by atoms with E-state index in [2.05, 4.69) is 10.4 Å². The molecular formula is C20H25N3O5. The van der Waals surface area contributed by atoms with E-state index in [1.807, 2.05) is 44.2 Å². The van der Waals surface area contributed by atoms with Crippen LogP contribution in [0, 0.1) is 5.92 Å². The quantitative estimate of drug-likeness (QED) is 0.657. The van der Waals surface area contributed by atoms with Crippen LogP contribution in [0.25, 0.3) is 0 Å². The lowest BCUT2D eigenvalue weighted by molar-refractivity contribution is -0.143. The van der Waals surface area contributed by atoms with Gasteiger partial charge in [-0.05, 0) is 30.5 Å². The Kier molecular flexibility index (Phi) is 7.74. The Hall–Kier alpha value is -3.16. The summed E-state index contributed by atoms with van der Waals surface area (Å²) in [4.78, 5) is 36.4. The third-order valence-electron chi connectivity index (χ3n) is 3.91. The Morgan fingerprint density at radius 1 is 1.14 bits per heavy atom. The Bertz CT molecular complexity index is 848. The standard InChI is InChI=1S/C20H25N3O5/c1-14(2)13-17(20(26)27-3)21-19(25)16-9-10-18(24)23(22-16)11-12-28-15-7-5-4-6-8-15/h4-10,14,17H,11-13H2,1-3H3,(H,21,25)/t17-/m0/s1. The zero-order chi connectivity index (χ0) is 20.5. The maximum Gasteiger partial charge on any atom is 0.328 e. The van der Waals surface area contributed by atoms with Gasteiger partial charge >= 0.3 is 5.97 Å². The summed E-state index contributed by atoms with van der Waals surface area (Å²) in [6, 6.07) is 11.0. The van der Waals surface area contributed by atoms with Crippen molar-refractivity contribution < 1.29 is 19.1 Å². The van der Waals surface area contributed by atoms with Crippen molar-refractivity contribution >= 4 is 11.9 Å². The molecule has 2 aromatic rings. The highest BCUT2D eigenvalue weighted by molar-refractivity contribution is 5.95. The number of nitrogens with zero attached hydrogens (tertiary/aromatic N) is 2. The van der Waals surface area contributed by atoms with Crippen molar-refractivity contribution in [3.05, 3.63) is 58.5 Å². The van der Waals surface area contributed by atoms with Crippen molar-refractivity contribution in [3.8, 4) is 5.75 Å². The fourth-order valence-electron chi connectivity index (χ4n) is 2.56. The number of aromatic nitrogens is 2. The summed E-state index contributed by atoms with van der Waals surface area (Å²) in [5.41, 5.74) is -0.308. The predicted octanol–water partition coefficient (Wildman–Crippen LogP) is 1.64. The first-order valence-corrected chi connectivity index (χ1v) is 9.05. The third kappa shape index (κ3) is 6.22. The van der Waals surface area contributed by atoms with Crippen LogP contribution in [0.5, 0.6) is 5.75 Å². The highest BCUT2D eigenvalue weighted by atomic mass is 16.5. The van der Waals surface area contributed by atoms with Gasteiger partial charge in [0.1, 0.15) is 24.1 Å². The Morgan fingerprint density at radius 3 is 2.50 bits per heavy atom. The number of hydrogen-bond acceptors (Lipinski definition) is 6. The first-order valence-electron chi connectivity index (χ1n) is 9.05. The van der Waals surface area contributed by atoms with Gasteiger partial charge in [0.05, 0.1) is 13.7 Å². The normalized spacial score (nSPS) is 11.7. The minimum atomic E-state index is -0.777. The number of esters is 1. The van der Waals surface area contributed by atoms with E-state index in [1.165, 1.54) is 19.2 Å². The molecule has 0 bridgehead atoms. The SMILES string of the molecule is COC(=O)[C@H](CC(C)C)NC(=O)c1ccc(=O)n(CCOc2ccccc2)n1. The average molecular weight is 387 g/mol.